The molecule has 1 aromatic heterocycles. The number of ether oxygens (including phenoxy) is 2. The second-order valence-electron chi connectivity index (χ2n) is 8.12. The summed E-state index contributed by atoms with van der Waals surface area (Å²) in [6.45, 7) is 2.40. The Morgan fingerprint density at radius 1 is 1.12 bits per heavy atom. The van der Waals surface area contributed by atoms with Crippen molar-refractivity contribution in [1.82, 2.24) is 15.5 Å². The number of nitrogens with zero attached hydrogens (tertiary/aromatic N) is 2. The zero-order valence-corrected chi connectivity index (χ0v) is 18.6. The van der Waals surface area contributed by atoms with Crippen LogP contribution in [-0.4, -0.2) is 29.3 Å². The zero-order chi connectivity index (χ0) is 22.3. The van der Waals surface area contributed by atoms with Crippen LogP contribution in [0.5, 0.6) is 11.5 Å². The lowest BCUT2D eigenvalue weighted by molar-refractivity contribution is -0.121. The van der Waals surface area contributed by atoms with Crippen molar-refractivity contribution >= 4 is 5.91 Å². The number of nitrogens with one attached hydrogen (secondary N) is 1. The van der Waals surface area contributed by atoms with Crippen molar-refractivity contribution in [2.45, 2.75) is 58.1 Å². The van der Waals surface area contributed by atoms with Gasteiger partial charge >= 0.3 is 0 Å². The molecule has 1 amide bonds. The molecule has 7 nitrogen and oxygen atoms in total. The molecule has 3 aromatic rings. The quantitative estimate of drug-likeness (QED) is 0.528. The molecule has 1 saturated carbocycles. The van der Waals surface area contributed by atoms with Crippen LogP contribution in [-0.2, 0) is 17.8 Å². The summed E-state index contributed by atoms with van der Waals surface area (Å²) < 4.78 is 17.4. The fourth-order valence-corrected chi connectivity index (χ4v) is 3.84. The number of para-hydroxylation sites is 1. The zero-order valence-electron chi connectivity index (χ0n) is 18.6. The number of aromatic nitrogens is 2. The number of aryl methyl sites for hydroxylation is 2. The predicted molar refractivity (Wildman–Crippen MR) is 121 cm³/mol. The van der Waals surface area contributed by atoms with Gasteiger partial charge in [0.25, 0.3) is 0 Å². The Morgan fingerprint density at radius 3 is 2.66 bits per heavy atom. The number of carbonyl (C=O) groups is 1. The van der Waals surface area contributed by atoms with E-state index in [-0.39, 0.29) is 18.4 Å². The van der Waals surface area contributed by atoms with Crippen molar-refractivity contribution in [2.24, 2.45) is 0 Å². The molecule has 1 N–H and O–H groups in total. The smallest absolute Gasteiger partial charge is 0.247 e. The Kier molecular flexibility index (Phi) is 7.04. The van der Waals surface area contributed by atoms with Gasteiger partial charge in [-0.2, -0.15) is 0 Å². The molecule has 0 radical (unpaired) electrons. The SMILES string of the molecule is COc1cccc(CNC(=O)CCc2nnc(-c3ccc(C)cc3)o2)c1OC1CCCC1. The van der Waals surface area contributed by atoms with Crippen LogP contribution in [0.2, 0.25) is 0 Å². The summed E-state index contributed by atoms with van der Waals surface area (Å²) in [5.74, 6) is 2.24. The summed E-state index contributed by atoms with van der Waals surface area (Å²) in [6.07, 6.45) is 5.34. The van der Waals surface area contributed by atoms with Crippen molar-refractivity contribution in [2.75, 3.05) is 7.11 Å². The average Bonchev–Trinajstić information content (AvgIpc) is 3.50. The highest BCUT2D eigenvalue weighted by Crippen LogP contribution is 2.34. The maximum Gasteiger partial charge on any atom is 0.247 e. The Labute approximate surface area is 188 Å². The van der Waals surface area contributed by atoms with E-state index in [0.29, 0.717) is 30.5 Å². The average molecular weight is 436 g/mol. The van der Waals surface area contributed by atoms with Crippen LogP contribution in [0.4, 0.5) is 0 Å². The standard InChI is InChI=1S/C25H29N3O4/c1-17-10-12-18(13-11-17)25-28-27-23(32-25)15-14-22(29)26-16-19-6-5-9-21(30-2)24(19)31-20-7-3-4-8-20/h5-6,9-13,20H,3-4,7-8,14-16H2,1-2H3,(H,26,29). The van der Waals surface area contributed by atoms with E-state index < -0.39 is 0 Å². The number of hydrogen-bond donors (Lipinski definition) is 1. The van der Waals surface area contributed by atoms with Crippen LogP contribution in [0, 0.1) is 6.92 Å². The van der Waals surface area contributed by atoms with Gasteiger partial charge in [0.1, 0.15) is 0 Å². The molecule has 0 aliphatic heterocycles. The largest absolute Gasteiger partial charge is 0.493 e. The molecule has 1 heterocycles. The maximum absolute atomic E-state index is 12.4. The first-order chi connectivity index (χ1) is 15.6. The van der Waals surface area contributed by atoms with Gasteiger partial charge in [-0.25, -0.2) is 0 Å². The van der Waals surface area contributed by atoms with E-state index in [1.165, 1.54) is 12.8 Å². The van der Waals surface area contributed by atoms with Gasteiger partial charge in [-0.1, -0.05) is 29.8 Å². The van der Waals surface area contributed by atoms with E-state index in [2.05, 4.69) is 15.5 Å². The van der Waals surface area contributed by atoms with Crippen LogP contribution in [0.15, 0.2) is 46.9 Å². The molecule has 0 bridgehead atoms. The van der Waals surface area contributed by atoms with E-state index in [1.54, 1.807) is 7.11 Å². The highest BCUT2D eigenvalue weighted by Gasteiger charge is 2.21. The van der Waals surface area contributed by atoms with Crippen molar-refractivity contribution in [3.8, 4) is 23.0 Å². The topological polar surface area (TPSA) is 86.5 Å². The third-order valence-electron chi connectivity index (χ3n) is 5.67. The van der Waals surface area contributed by atoms with E-state index in [9.17, 15) is 4.79 Å². The molecule has 0 unspecified atom stereocenters. The van der Waals surface area contributed by atoms with Crippen molar-refractivity contribution < 1.29 is 18.7 Å². The lowest BCUT2D eigenvalue weighted by Gasteiger charge is -2.19. The number of carbonyl (C=O) groups excluding carboxylic acids is 1. The molecule has 0 saturated heterocycles. The molecule has 2 aromatic carbocycles. The van der Waals surface area contributed by atoms with Gasteiger partial charge in [0, 0.05) is 30.5 Å². The Hall–Kier alpha value is -3.35. The summed E-state index contributed by atoms with van der Waals surface area (Å²) in [5.41, 5.74) is 2.94. The van der Waals surface area contributed by atoms with E-state index in [1.807, 2.05) is 49.4 Å². The monoisotopic (exact) mass is 435 g/mol. The molecule has 4 rings (SSSR count). The molecule has 32 heavy (non-hydrogen) atoms. The Morgan fingerprint density at radius 2 is 1.91 bits per heavy atom. The Bertz CT molecular complexity index is 1040. The summed E-state index contributed by atoms with van der Waals surface area (Å²) in [7, 11) is 1.63. The molecule has 0 spiro atoms. The van der Waals surface area contributed by atoms with Gasteiger partial charge in [-0.05, 0) is 50.8 Å². The van der Waals surface area contributed by atoms with Crippen molar-refractivity contribution in [1.29, 1.82) is 0 Å². The number of hydrogen-bond acceptors (Lipinski definition) is 6. The van der Waals surface area contributed by atoms with Gasteiger partial charge in [0.15, 0.2) is 11.5 Å². The van der Waals surface area contributed by atoms with Gasteiger partial charge in [-0.3, -0.25) is 4.79 Å². The minimum Gasteiger partial charge on any atom is -0.493 e. The first kappa shape index (κ1) is 21.9. The molecule has 0 atom stereocenters. The summed E-state index contributed by atoms with van der Waals surface area (Å²) in [6, 6.07) is 13.6. The van der Waals surface area contributed by atoms with Crippen LogP contribution < -0.4 is 14.8 Å². The lowest BCUT2D eigenvalue weighted by Crippen LogP contribution is -2.24. The minimum atomic E-state index is -0.0882. The minimum absolute atomic E-state index is 0.0882. The summed E-state index contributed by atoms with van der Waals surface area (Å²) >= 11 is 0. The number of amides is 1. The van der Waals surface area contributed by atoms with Gasteiger partial charge in [-0.15, -0.1) is 10.2 Å². The van der Waals surface area contributed by atoms with Crippen LogP contribution in [0.1, 0.15) is 49.1 Å². The van der Waals surface area contributed by atoms with Gasteiger partial charge < -0.3 is 19.2 Å². The highest BCUT2D eigenvalue weighted by atomic mass is 16.5. The molecule has 168 valence electrons. The predicted octanol–water partition coefficient (Wildman–Crippen LogP) is 4.62. The maximum atomic E-state index is 12.4. The van der Waals surface area contributed by atoms with Crippen molar-refractivity contribution in [3.05, 3.63) is 59.5 Å². The van der Waals surface area contributed by atoms with Gasteiger partial charge in [0.2, 0.25) is 17.7 Å². The van der Waals surface area contributed by atoms with Crippen LogP contribution in [0.3, 0.4) is 0 Å². The number of methoxy groups -OCH3 is 1. The van der Waals surface area contributed by atoms with Crippen LogP contribution in [0.25, 0.3) is 11.5 Å². The summed E-state index contributed by atoms with van der Waals surface area (Å²) in [4.78, 5) is 12.4. The highest BCUT2D eigenvalue weighted by molar-refractivity contribution is 5.76. The molecular formula is C25H29N3O4. The number of benzene rings is 2. The third-order valence-corrected chi connectivity index (χ3v) is 5.67. The third kappa shape index (κ3) is 5.46. The fraction of sp³-hybridized carbons (Fsp3) is 0.400. The van der Waals surface area contributed by atoms with E-state index in [0.717, 1.165) is 35.3 Å². The first-order valence-electron chi connectivity index (χ1n) is 11.1. The Balaban J connectivity index is 1.32. The second kappa shape index (κ2) is 10.3. The summed E-state index contributed by atoms with van der Waals surface area (Å²) in [5, 5.41) is 11.1. The number of rotatable bonds is 9. The molecule has 7 heteroatoms. The van der Waals surface area contributed by atoms with Crippen LogP contribution >= 0.6 is 0 Å². The first-order valence-corrected chi connectivity index (χ1v) is 11.1. The molecule has 1 aliphatic carbocycles. The fourth-order valence-electron chi connectivity index (χ4n) is 3.84. The van der Waals surface area contributed by atoms with E-state index >= 15 is 0 Å². The molecule has 1 fully saturated rings. The van der Waals surface area contributed by atoms with E-state index in [4.69, 9.17) is 13.9 Å². The second-order valence-corrected chi connectivity index (χ2v) is 8.12. The molecular weight excluding hydrogens is 406 g/mol. The lowest BCUT2D eigenvalue weighted by atomic mass is 10.1. The van der Waals surface area contributed by atoms with Gasteiger partial charge in [0.05, 0.1) is 13.2 Å². The van der Waals surface area contributed by atoms with Crippen molar-refractivity contribution in [3.63, 3.8) is 0 Å². The normalized spacial score (nSPS) is 13.8. The molecule has 1 aliphatic rings.